The predicted octanol–water partition coefficient (Wildman–Crippen LogP) is 4.90. The van der Waals surface area contributed by atoms with Gasteiger partial charge in [-0.25, -0.2) is 0 Å². The van der Waals surface area contributed by atoms with E-state index in [4.69, 9.17) is 9.26 Å². The molecule has 1 fully saturated rings. The van der Waals surface area contributed by atoms with Crippen LogP contribution < -0.4 is 4.74 Å². The van der Waals surface area contributed by atoms with Crippen molar-refractivity contribution in [3.63, 3.8) is 0 Å². The standard InChI is InChI=1S/C22H19F3N2O4S/c23-22(24,25)16-5-3-15(4-6-16)19-9-18(31-26-19)11-30-17-7-1-14(2-8-17)10-27-13-32-12-20(27)21(28)29/h1-9,20H,10-13H2,(H,28,29)/t20-/m0/s1. The van der Waals surface area contributed by atoms with Gasteiger partial charge in [0.25, 0.3) is 0 Å². The van der Waals surface area contributed by atoms with Crippen LogP contribution in [0.5, 0.6) is 5.75 Å². The molecule has 2 aromatic carbocycles. The highest BCUT2D eigenvalue weighted by molar-refractivity contribution is 7.99. The molecule has 1 N–H and O–H groups in total. The minimum absolute atomic E-state index is 0.108. The Morgan fingerprint density at radius 1 is 1.19 bits per heavy atom. The molecule has 10 heteroatoms. The van der Waals surface area contributed by atoms with Gasteiger partial charge in [-0.15, -0.1) is 11.8 Å². The molecule has 2 heterocycles. The third-order valence-electron chi connectivity index (χ3n) is 5.02. The highest BCUT2D eigenvalue weighted by atomic mass is 32.2. The lowest BCUT2D eigenvalue weighted by atomic mass is 10.1. The van der Waals surface area contributed by atoms with Gasteiger partial charge >= 0.3 is 12.1 Å². The van der Waals surface area contributed by atoms with Gasteiger partial charge in [-0.2, -0.15) is 13.2 Å². The summed E-state index contributed by atoms with van der Waals surface area (Å²) in [5.41, 5.74) is 1.19. The second-order valence-corrected chi connectivity index (χ2v) is 8.29. The first-order chi connectivity index (χ1) is 15.3. The Morgan fingerprint density at radius 3 is 2.56 bits per heavy atom. The highest BCUT2D eigenvalue weighted by Crippen LogP contribution is 2.31. The predicted molar refractivity (Wildman–Crippen MR) is 112 cm³/mol. The Labute approximate surface area is 186 Å². The summed E-state index contributed by atoms with van der Waals surface area (Å²) < 4.78 is 49.0. The van der Waals surface area contributed by atoms with Crippen molar-refractivity contribution in [2.45, 2.75) is 25.4 Å². The number of benzene rings is 2. The third kappa shape index (κ3) is 5.25. The Bertz CT molecular complexity index is 1070. The number of hydrogen-bond acceptors (Lipinski definition) is 6. The van der Waals surface area contributed by atoms with E-state index < -0.39 is 23.8 Å². The van der Waals surface area contributed by atoms with Gasteiger partial charge in [0.05, 0.1) is 5.56 Å². The van der Waals surface area contributed by atoms with Gasteiger partial charge in [0.1, 0.15) is 24.1 Å². The quantitative estimate of drug-likeness (QED) is 0.533. The summed E-state index contributed by atoms with van der Waals surface area (Å²) in [6.45, 7) is 0.652. The first kappa shape index (κ1) is 22.2. The molecular formula is C22H19F3N2O4S. The molecule has 0 aliphatic carbocycles. The zero-order valence-electron chi connectivity index (χ0n) is 16.7. The summed E-state index contributed by atoms with van der Waals surface area (Å²) in [6, 6.07) is 13.2. The minimum atomic E-state index is -4.39. The Kier molecular flexibility index (Phi) is 6.43. The number of thioether (sulfide) groups is 1. The molecule has 32 heavy (non-hydrogen) atoms. The third-order valence-corrected chi connectivity index (χ3v) is 6.08. The number of alkyl halides is 3. The van der Waals surface area contributed by atoms with Gasteiger partial charge in [0.15, 0.2) is 5.76 Å². The fourth-order valence-corrected chi connectivity index (χ4v) is 4.48. The first-order valence-corrected chi connectivity index (χ1v) is 10.8. The number of ether oxygens (including phenoxy) is 1. The lowest BCUT2D eigenvalue weighted by molar-refractivity contribution is -0.142. The van der Waals surface area contributed by atoms with Crippen LogP contribution >= 0.6 is 11.8 Å². The lowest BCUT2D eigenvalue weighted by Crippen LogP contribution is -2.37. The molecule has 0 unspecified atom stereocenters. The normalized spacial score (nSPS) is 16.9. The second-order valence-electron chi connectivity index (χ2n) is 7.29. The molecule has 3 aromatic rings. The first-order valence-electron chi connectivity index (χ1n) is 9.69. The van der Waals surface area contributed by atoms with Crippen LogP contribution in [0.2, 0.25) is 0 Å². The van der Waals surface area contributed by atoms with Gasteiger partial charge in [0, 0.05) is 29.8 Å². The minimum Gasteiger partial charge on any atom is -0.486 e. The van der Waals surface area contributed by atoms with Crippen molar-refractivity contribution in [3.05, 3.63) is 71.5 Å². The van der Waals surface area contributed by atoms with Gasteiger partial charge < -0.3 is 14.4 Å². The van der Waals surface area contributed by atoms with Crippen LogP contribution in [0.15, 0.2) is 59.1 Å². The number of nitrogens with zero attached hydrogens (tertiary/aromatic N) is 2. The monoisotopic (exact) mass is 464 g/mol. The van der Waals surface area contributed by atoms with E-state index in [1.807, 2.05) is 17.0 Å². The smallest absolute Gasteiger partial charge is 0.416 e. The fourth-order valence-electron chi connectivity index (χ4n) is 3.29. The number of halogens is 3. The van der Waals surface area contributed by atoms with Crippen molar-refractivity contribution >= 4 is 17.7 Å². The summed E-state index contributed by atoms with van der Waals surface area (Å²) in [5, 5.41) is 13.2. The maximum Gasteiger partial charge on any atom is 0.416 e. The summed E-state index contributed by atoms with van der Waals surface area (Å²) >= 11 is 1.60. The average molecular weight is 464 g/mol. The second kappa shape index (κ2) is 9.25. The van der Waals surface area contributed by atoms with Crippen LogP contribution in [0, 0.1) is 0 Å². The topological polar surface area (TPSA) is 75.8 Å². The van der Waals surface area contributed by atoms with Crippen LogP contribution in [0.4, 0.5) is 13.2 Å². The number of aromatic nitrogens is 1. The molecule has 6 nitrogen and oxygen atoms in total. The summed E-state index contributed by atoms with van der Waals surface area (Å²) in [4.78, 5) is 13.2. The number of hydrogen-bond donors (Lipinski definition) is 1. The molecule has 0 spiro atoms. The molecule has 0 amide bonds. The van der Waals surface area contributed by atoms with Gasteiger partial charge in [-0.3, -0.25) is 9.69 Å². The van der Waals surface area contributed by atoms with Crippen molar-refractivity contribution in [2.75, 3.05) is 11.6 Å². The molecule has 0 bridgehead atoms. The largest absolute Gasteiger partial charge is 0.486 e. The van der Waals surface area contributed by atoms with Crippen LogP contribution in [-0.4, -0.2) is 38.8 Å². The molecule has 168 valence electrons. The molecule has 1 aliphatic rings. The zero-order chi connectivity index (χ0) is 22.7. The average Bonchev–Trinajstić information content (AvgIpc) is 3.42. The Morgan fingerprint density at radius 2 is 1.91 bits per heavy atom. The molecule has 1 aliphatic heterocycles. The molecule has 1 atom stereocenters. The fraction of sp³-hybridized carbons (Fsp3) is 0.273. The van der Waals surface area contributed by atoms with Crippen molar-refractivity contribution in [3.8, 4) is 17.0 Å². The summed E-state index contributed by atoms with van der Waals surface area (Å²) in [5.74, 6) is 1.50. The van der Waals surface area contributed by atoms with Crippen molar-refractivity contribution < 1.29 is 32.3 Å². The Hall–Kier alpha value is -2.98. The molecule has 0 saturated carbocycles. The van der Waals surface area contributed by atoms with Crippen molar-refractivity contribution in [2.24, 2.45) is 0 Å². The lowest BCUT2D eigenvalue weighted by Gasteiger charge is -2.20. The molecule has 1 aromatic heterocycles. The van der Waals surface area contributed by atoms with E-state index in [1.54, 1.807) is 30.0 Å². The molecule has 1 saturated heterocycles. The maximum absolute atomic E-state index is 12.7. The van der Waals surface area contributed by atoms with Crippen LogP contribution in [0.25, 0.3) is 11.3 Å². The van der Waals surface area contributed by atoms with Crippen LogP contribution in [0.1, 0.15) is 16.9 Å². The van der Waals surface area contributed by atoms with Gasteiger partial charge in [-0.1, -0.05) is 29.4 Å². The van der Waals surface area contributed by atoms with E-state index in [9.17, 15) is 23.1 Å². The zero-order valence-corrected chi connectivity index (χ0v) is 17.5. The number of rotatable bonds is 7. The van der Waals surface area contributed by atoms with Crippen molar-refractivity contribution in [1.82, 2.24) is 10.1 Å². The van der Waals surface area contributed by atoms with Crippen molar-refractivity contribution in [1.29, 1.82) is 0 Å². The molecule has 0 radical (unpaired) electrons. The van der Waals surface area contributed by atoms with Gasteiger partial charge in [-0.05, 0) is 29.8 Å². The van der Waals surface area contributed by atoms with E-state index in [0.717, 1.165) is 17.7 Å². The van der Waals surface area contributed by atoms with E-state index in [0.29, 0.717) is 40.9 Å². The SMILES string of the molecule is O=C(O)[C@@H]1CSCN1Cc1ccc(OCc2cc(-c3ccc(C(F)(F)F)cc3)no2)cc1. The highest BCUT2D eigenvalue weighted by Gasteiger charge is 2.31. The summed E-state index contributed by atoms with van der Waals surface area (Å²) in [6.07, 6.45) is -4.39. The van der Waals surface area contributed by atoms with E-state index in [2.05, 4.69) is 5.16 Å². The number of carboxylic acid groups (broad SMARTS) is 1. The molecule has 4 rings (SSSR count). The van der Waals surface area contributed by atoms with E-state index in [1.165, 1.54) is 12.1 Å². The summed E-state index contributed by atoms with van der Waals surface area (Å²) in [7, 11) is 0. The number of carboxylic acids is 1. The number of carbonyl (C=O) groups is 1. The number of aliphatic carboxylic acids is 1. The van der Waals surface area contributed by atoms with Crippen LogP contribution in [-0.2, 0) is 24.1 Å². The Balaban J connectivity index is 1.32. The van der Waals surface area contributed by atoms with E-state index >= 15 is 0 Å². The maximum atomic E-state index is 12.7. The van der Waals surface area contributed by atoms with E-state index in [-0.39, 0.29) is 6.61 Å². The van der Waals surface area contributed by atoms with Crippen LogP contribution in [0.3, 0.4) is 0 Å². The molecular weight excluding hydrogens is 445 g/mol. The van der Waals surface area contributed by atoms with Gasteiger partial charge in [0.2, 0.25) is 0 Å².